The van der Waals surface area contributed by atoms with Crippen molar-refractivity contribution in [3.8, 4) is 6.07 Å². The van der Waals surface area contributed by atoms with Gasteiger partial charge < -0.3 is 14.5 Å². The van der Waals surface area contributed by atoms with Crippen molar-refractivity contribution in [3.63, 3.8) is 0 Å². The number of rotatable bonds is 3. The molecule has 1 amide bonds. The highest BCUT2D eigenvalue weighted by Crippen LogP contribution is 2.31. The van der Waals surface area contributed by atoms with Gasteiger partial charge in [0.2, 0.25) is 0 Å². The van der Waals surface area contributed by atoms with Crippen LogP contribution < -0.4 is 0 Å². The normalized spacial score (nSPS) is 17.8. The van der Waals surface area contributed by atoms with Crippen LogP contribution in [0, 0.1) is 11.3 Å². The van der Waals surface area contributed by atoms with Crippen LogP contribution in [0.4, 0.5) is 10.5 Å². The van der Waals surface area contributed by atoms with Gasteiger partial charge in [0.25, 0.3) is 0 Å². The molecule has 0 saturated carbocycles. The van der Waals surface area contributed by atoms with E-state index in [-0.39, 0.29) is 12.0 Å². The Morgan fingerprint density at radius 3 is 2.77 bits per heavy atom. The van der Waals surface area contributed by atoms with Gasteiger partial charge in [0, 0.05) is 33.1 Å². The fourth-order valence-electron chi connectivity index (χ4n) is 2.93. The van der Waals surface area contributed by atoms with E-state index in [1.807, 2.05) is 58.0 Å². The Balaban J connectivity index is 2.15. The molecule has 0 N–H and O–H groups in total. The summed E-state index contributed by atoms with van der Waals surface area (Å²) in [6.07, 6.45) is 3.33. The molecule has 0 spiro atoms. The predicted molar refractivity (Wildman–Crippen MR) is 103 cm³/mol. The van der Waals surface area contributed by atoms with Gasteiger partial charge in [-0.05, 0) is 51.3 Å². The molecule has 1 saturated heterocycles. The van der Waals surface area contributed by atoms with Crippen LogP contribution in [-0.2, 0) is 4.74 Å². The van der Waals surface area contributed by atoms with Crippen LogP contribution in [0.1, 0.15) is 50.7 Å². The lowest BCUT2D eigenvalue weighted by molar-refractivity contribution is 0.0198. The first-order chi connectivity index (χ1) is 12.2. The molecule has 6 heteroatoms. The minimum absolute atomic E-state index is 0.204. The van der Waals surface area contributed by atoms with Gasteiger partial charge in [-0.25, -0.2) is 9.79 Å². The van der Waals surface area contributed by atoms with Crippen molar-refractivity contribution in [1.82, 2.24) is 9.80 Å². The van der Waals surface area contributed by atoms with Gasteiger partial charge in [-0.3, -0.25) is 0 Å². The topological polar surface area (TPSA) is 68.9 Å². The van der Waals surface area contributed by atoms with E-state index < -0.39 is 5.60 Å². The first-order valence-corrected chi connectivity index (χ1v) is 8.92. The zero-order valence-electron chi connectivity index (χ0n) is 16.3. The van der Waals surface area contributed by atoms with E-state index in [1.54, 1.807) is 11.2 Å². The maximum atomic E-state index is 12.3. The summed E-state index contributed by atoms with van der Waals surface area (Å²) in [5.41, 5.74) is 1.78. The van der Waals surface area contributed by atoms with E-state index >= 15 is 0 Å². The summed E-state index contributed by atoms with van der Waals surface area (Å²) in [6.45, 7) is 6.94. The largest absolute Gasteiger partial charge is 0.444 e. The van der Waals surface area contributed by atoms with Gasteiger partial charge >= 0.3 is 6.09 Å². The zero-order valence-corrected chi connectivity index (χ0v) is 16.3. The lowest BCUT2D eigenvalue weighted by Crippen LogP contribution is -2.42. The van der Waals surface area contributed by atoms with Gasteiger partial charge in [-0.15, -0.1) is 0 Å². The van der Waals surface area contributed by atoms with Gasteiger partial charge in [0.15, 0.2) is 0 Å². The Bertz CT molecular complexity index is 714. The van der Waals surface area contributed by atoms with Gasteiger partial charge in [-0.1, -0.05) is 6.07 Å². The number of carbonyl (C=O) groups excluding carboxylic acids is 1. The molecule has 1 aliphatic rings. The number of aliphatic imine (C=N–C) groups is 1. The average Bonchev–Trinajstić information content (AvgIpc) is 2.58. The molecule has 1 atom stereocenters. The first-order valence-electron chi connectivity index (χ1n) is 8.92. The number of nitrogens with zero attached hydrogens (tertiary/aromatic N) is 4. The van der Waals surface area contributed by atoms with Crippen LogP contribution in [0.2, 0.25) is 0 Å². The predicted octanol–water partition coefficient (Wildman–Crippen LogP) is 3.89. The minimum atomic E-state index is -0.496. The van der Waals surface area contributed by atoms with Crippen LogP contribution >= 0.6 is 0 Å². The molecule has 0 aromatic heterocycles. The second-order valence-electron chi connectivity index (χ2n) is 7.86. The lowest BCUT2D eigenvalue weighted by Gasteiger charge is -2.34. The van der Waals surface area contributed by atoms with Crippen molar-refractivity contribution in [2.75, 3.05) is 27.2 Å². The molecular weight excluding hydrogens is 328 g/mol. The molecule has 1 aliphatic heterocycles. The van der Waals surface area contributed by atoms with Crippen LogP contribution in [-0.4, -0.2) is 55.0 Å². The van der Waals surface area contributed by atoms with Crippen molar-refractivity contribution >= 4 is 18.1 Å². The van der Waals surface area contributed by atoms with E-state index in [0.29, 0.717) is 24.3 Å². The van der Waals surface area contributed by atoms with Crippen molar-refractivity contribution in [2.24, 2.45) is 4.99 Å². The number of ether oxygens (including phenoxy) is 1. The van der Waals surface area contributed by atoms with E-state index in [0.717, 1.165) is 18.4 Å². The number of carbonyl (C=O) groups is 1. The van der Waals surface area contributed by atoms with Crippen LogP contribution in [0.25, 0.3) is 0 Å². The molecule has 1 heterocycles. The molecule has 0 bridgehead atoms. The summed E-state index contributed by atoms with van der Waals surface area (Å²) < 4.78 is 5.49. The quantitative estimate of drug-likeness (QED) is 0.608. The lowest BCUT2D eigenvalue weighted by atomic mass is 9.89. The molecule has 140 valence electrons. The third-order valence-electron chi connectivity index (χ3n) is 4.11. The monoisotopic (exact) mass is 356 g/mol. The van der Waals surface area contributed by atoms with E-state index in [2.05, 4.69) is 11.1 Å². The fourth-order valence-corrected chi connectivity index (χ4v) is 2.93. The van der Waals surface area contributed by atoms with Crippen LogP contribution in [0.15, 0.2) is 23.2 Å². The van der Waals surface area contributed by atoms with E-state index in [1.165, 1.54) is 0 Å². The highest BCUT2D eigenvalue weighted by atomic mass is 16.6. The molecule has 0 aliphatic carbocycles. The third-order valence-corrected chi connectivity index (χ3v) is 4.11. The maximum Gasteiger partial charge on any atom is 0.410 e. The van der Waals surface area contributed by atoms with E-state index in [4.69, 9.17) is 4.74 Å². The van der Waals surface area contributed by atoms with Gasteiger partial charge in [0.05, 0.1) is 17.6 Å². The molecule has 26 heavy (non-hydrogen) atoms. The number of hydrogen-bond acceptors (Lipinski definition) is 4. The van der Waals surface area contributed by atoms with Gasteiger partial charge in [-0.2, -0.15) is 5.26 Å². The second-order valence-corrected chi connectivity index (χ2v) is 7.86. The number of amides is 1. The minimum Gasteiger partial charge on any atom is -0.444 e. The smallest absolute Gasteiger partial charge is 0.410 e. The van der Waals surface area contributed by atoms with Crippen molar-refractivity contribution < 1.29 is 9.53 Å². The number of piperidine rings is 1. The third kappa shape index (κ3) is 5.48. The molecular formula is C20H28N4O2. The number of likely N-dealkylation sites (tertiary alicyclic amines) is 1. The Labute approximate surface area is 156 Å². The molecule has 1 aromatic rings. The van der Waals surface area contributed by atoms with Crippen molar-refractivity contribution in [2.45, 2.75) is 45.1 Å². The summed E-state index contributed by atoms with van der Waals surface area (Å²) in [7, 11) is 3.77. The Morgan fingerprint density at radius 1 is 1.42 bits per heavy atom. The van der Waals surface area contributed by atoms with Crippen molar-refractivity contribution in [1.29, 1.82) is 5.26 Å². The summed E-state index contributed by atoms with van der Waals surface area (Å²) in [4.78, 5) is 20.3. The number of hydrogen-bond donors (Lipinski definition) is 0. The highest BCUT2D eigenvalue weighted by molar-refractivity contribution is 5.68. The zero-order chi connectivity index (χ0) is 19.3. The summed E-state index contributed by atoms with van der Waals surface area (Å²) in [5, 5.41) is 9.45. The van der Waals surface area contributed by atoms with Crippen LogP contribution in [0.3, 0.4) is 0 Å². The molecule has 1 aromatic carbocycles. The Kier molecular flexibility index (Phi) is 6.25. The molecule has 6 nitrogen and oxygen atoms in total. The summed E-state index contributed by atoms with van der Waals surface area (Å²) in [5.74, 6) is 0.204. The van der Waals surface area contributed by atoms with E-state index in [9.17, 15) is 10.1 Å². The van der Waals surface area contributed by atoms with Gasteiger partial charge in [0.1, 0.15) is 11.7 Å². The SMILES string of the molecule is CN(C)/C=N/c1ccc(C2CCCN(C(=O)OC(C)(C)C)C2)cc1C#N. The van der Waals surface area contributed by atoms with Crippen LogP contribution in [0.5, 0.6) is 0 Å². The number of nitriles is 1. The first kappa shape index (κ1) is 19.8. The highest BCUT2D eigenvalue weighted by Gasteiger charge is 2.28. The average molecular weight is 356 g/mol. The second kappa shape index (κ2) is 8.22. The molecule has 1 unspecified atom stereocenters. The summed E-state index contributed by atoms with van der Waals surface area (Å²) >= 11 is 0. The molecule has 2 rings (SSSR count). The van der Waals surface area contributed by atoms with Crippen molar-refractivity contribution in [3.05, 3.63) is 29.3 Å². The Morgan fingerprint density at radius 2 is 2.15 bits per heavy atom. The maximum absolute atomic E-state index is 12.3. The standard InChI is InChI=1S/C20H28N4O2/c1-20(2,3)26-19(25)24-10-6-7-16(13-24)15-8-9-18(17(11-15)12-21)22-14-23(4)5/h8-9,11,14,16H,6-7,10,13H2,1-5H3/b22-14+. The molecule has 1 fully saturated rings. The summed E-state index contributed by atoms with van der Waals surface area (Å²) in [6, 6.07) is 8.00. The Hall–Kier alpha value is -2.55. The fraction of sp³-hybridized carbons (Fsp3) is 0.550. The number of benzene rings is 1. The molecule has 0 radical (unpaired) electrons.